The van der Waals surface area contributed by atoms with Crippen molar-refractivity contribution in [2.75, 3.05) is 5.43 Å². The quantitative estimate of drug-likeness (QED) is 0.455. The lowest BCUT2D eigenvalue weighted by Gasteiger charge is -2.11. The molecule has 0 saturated heterocycles. The van der Waals surface area contributed by atoms with Crippen molar-refractivity contribution >= 4 is 34.6 Å². The molecule has 2 rings (SSSR count). The van der Waals surface area contributed by atoms with Gasteiger partial charge in [-0.2, -0.15) is 0 Å². The third kappa shape index (κ3) is 4.25. The summed E-state index contributed by atoms with van der Waals surface area (Å²) in [5.74, 6) is -0.330. The van der Waals surface area contributed by atoms with Gasteiger partial charge >= 0.3 is 0 Å². The molecule has 22 heavy (non-hydrogen) atoms. The summed E-state index contributed by atoms with van der Waals surface area (Å²) < 4.78 is 0. The van der Waals surface area contributed by atoms with Crippen LogP contribution in [0.4, 0.5) is 11.4 Å². The molecule has 2 aromatic rings. The highest BCUT2D eigenvalue weighted by molar-refractivity contribution is 7.80. The summed E-state index contributed by atoms with van der Waals surface area (Å²) in [4.78, 5) is 21.9. The average molecular weight is 316 g/mol. The molecule has 0 bridgehead atoms. The van der Waals surface area contributed by atoms with Gasteiger partial charge in [0.1, 0.15) is 0 Å². The third-order valence-electron chi connectivity index (χ3n) is 2.66. The largest absolute Gasteiger partial charge is 0.299 e. The van der Waals surface area contributed by atoms with E-state index >= 15 is 0 Å². The van der Waals surface area contributed by atoms with E-state index in [0.717, 1.165) is 0 Å². The van der Waals surface area contributed by atoms with Crippen LogP contribution in [0.5, 0.6) is 0 Å². The summed E-state index contributed by atoms with van der Waals surface area (Å²) in [6.45, 7) is 0. The summed E-state index contributed by atoms with van der Waals surface area (Å²) in [5.41, 5.74) is 6.42. The number of anilines is 1. The molecule has 0 atom stereocenters. The fourth-order valence-electron chi connectivity index (χ4n) is 1.59. The topological polar surface area (TPSA) is 96.3 Å². The first-order valence-corrected chi connectivity index (χ1v) is 6.64. The number of nitro groups is 1. The monoisotopic (exact) mass is 316 g/mol. The minimum atomic E-state index is -0.484. The number of amides is 1. The molecule has 3 N–H and O–H groups in total. The SMILES string of the molecule is O=C(NC(=S)NNc1ccc([N+](=O)[O-])cc1)c1ccccc1. The van der Waals surface area contributed by atoms with Gasteiger partial charge < -0.3 is 0 Å². The van der Waals surface area contributed by atoms with Gasteiger partial charge in [-0.1, -0.05) is 18.2 Å². The Morgan fingerprint density at radius 3 is 2.27 bits per heavy atom. The molecule has 0 aliphatic rings. The smallest absolute Gasteiger partial charge is 0.269 e. The lowest BCUT2D eigenvalue weighted by atomic mass is 10.2. The zero-order chi connectivity index (χ0) is 15.9. The number of hydrogen-bond acceptors (Lipinski definition) is 5. The minimum absolute atomic E-state index is 0.00879. The van der Waals surface area contributed by atoms with Crippen LogP contribution in [0, 0.1) is 10.1 Å². The first kappa shape index (κ1) is 15.4. The molecule has 0 aliphatic heterocycles. The number of thiocarbonyl (C=S) groups is 1. The number of nitrogens with one attached hydrogen (secondary N) is 3. The summed E-state index contributed by atoms with van der Waals surface area (Å²) >= 11 is 4.98. The lowest BCUT2D eigenvalue weighted by molar-refractivity contribution is -0.384. The van der Waals surface area contributed by atoms with Crippen molar-refractivity contribution in [2.24, 2.45) is 0 Å². The van der Waals surface area contributed by atoms with Crippen LogP contribution >= 0.6 is 12.2 Å². The van der Waals surface area contributed by atoms with Gasteiger partial charge in [-0.25, -0.2) is 0 Å². The highest BCUT2D eigenvalue weighted by atomic mass is 32.1. The van der Waals surface area contributed by atoms with Crippen LogP contribution in [0.15, 0.2) is 54.6 Å². The molecule has 0 aliphatic carbocycles. The molecule has 7 nitrogen and oxygen atoms in total. The molecule has 0 fully saturated rings. The standard InChI is InChI=1S/C14H12N4O3S/c19-13(10-4-2-1-3-5-10)15-14(22)17-16-11-6-8-12(9-7-11)18(20)21/h1-9,16H,(H2,15,17,19,22). The number of hydrazine groups is 1. The molecular formula is C14H12N4O3S. The van der Waals surface area contributed by atoms with E-state index in [0.29, 0.717) is 11.3 Å². The van der Waals surface area contributed by atoms with E-state index in [2.05, 4.69) is 16.2 Å². The number of carbonyl (C=O) groups excluding carboxylic acids is 1. The van der Waals surface area contributed by atoms with E-state index in [9.17, 15) is 14.9 Å². The van der Waals surface area contributed by atoms with E-state index < -0.39 is 4.92 Å². The van der Waals surface area contributed by atoms with Gasteiger partial charge in [0, 0.05) is 17.7 Å². The predicted molar refractivity (Wildman–Crippen MR) is 86.4 cm³/mol. The number of hydrogen-bond donors (Lipinski definition) is 3. The van der Waals surface area contributed by atoms with E-state index in [1.165, 1.54) is 24.3 Å². The molecule has 112 valence electrons. The highest BCUT2D eigenvalue weighted by Gasteiger charge is 2.07. The molecule has 0 radical (unpaired) electrons. The summed E-state index contributed by atoms with van der Waals surface area (Å²) in [6, 6.07) is 14.4. The fraction of sp³-hybridized carbons (Fsp3) is 0. The molecule has 1 amide bonds. The molecule has 2 aromatic carbocycles. The van der Waals surface area contributed by atoms with Crippen molar-refractivity contribution in [3.8, 4) is 0 Å². The molecule has 8 heteroatoms. The maximum absolute atomic E-state index is 11.8. The van der Waals surface area contributed by atoms with Gasteiger partial charge in [0.15, 0.2) is 5.11 Å². The number of non-ortho nitro benzene ring substituents is 1. The molecule has 0 heterocycles. The van der Waals surface area contributed by atoms with Gasteiger partial charge in [0.25, 0.3) is 11.6 Å². The van der Waals surface area contributed by atoms with Gasteiger partial charge in [0.2, 0.25) is 0 Å². The average Bonchev–Trinajstić information content (AvgIpc) is 2.54. The van der Waals surface area contributed by atoms with Crippen LogP contribution in [-0.2, 0) is 0 Å². The fourth-order valence-corrected chi connectivity index (χ4v) is 1.74. The Hall–Kier alpha value is -3.00. The highest BCUT2D eigenvalue weighted by Crippen LogP contribution is 2.14. The number of carbonyl (C=O) groups is 1. The zero-order valence-electron chi connectivity index (χ0n) is 11.3. The third-order valence-corrected chi connectivity index (χ3v) is 2.87. The molecule has 0 unspecified atom stereocenters. The van der Waals surface area contributed by atoms with Crippen LogP contribution in [0.2, 0.25) is 0 Å². The molecule has 0 saturated carbocycles. The number of nitro benzene ring substituents is 1. The second-order valence-electron chi connectivity index (χ2n) is 4.20. The molecular weight excluding hydrogens is 304 g/mol. The molecule has 0 spiro atoms. The van der Waals surface area contributed by atoms with Crippen molar-refractivity contribution < 1.29 is 9.72 Å². The Kier molecular flexibility index (Phi) is 4.99. The van der Waals surface area contributed by atoms with Crippen molar-refractivity contribution in [3.63, 3.8) is 0 Å². The van der Waals surface area contributed by atoms with Crippen LogP contribution < -0.4 is 16.2 Å². The molecule has 0 aromatic heterocycles. The maximum atomic E-state index is 11.8. The van der Waals surface area contributed by atoms with E-state index in [1.807, 2.05) is 6.07 Å². The van der Waals surface area contributed by atoms with Gasteiger partial charge in [-0.05, 0) is 36.5 Å². The Bertz CT molecular complexity index is 689. The first-order valence-electron chi connectivity index (χ1n) is 6.23. The van der Waals surface area contributed by atoms with E-state index in [1.54, 1.807) is 24.3 Å². The maximum Gasteiger partial charge on any atom is 0.269 e. The van der Waals surface area contributed by atoms with Crippen molar-refractivity contribution in [1.29, 1.82) is 0 Å². The second-order valence-corrected chi connectivity index (χ2v) is 4.61. The van der Waals surface area contributed by atoms with E-state index in [-0.39, 0.29) is 16.7 Å². The number of rotatable bonds is 4. The summed E-state index contributed by atoms with van der Waals surface area (Å²) in [6.07, 6.45) is 0. The van der Waals surface area contributed by atoms with Gasteiger partial charge in [-0.3, -0.25) is 31.1 Å². The van der Waals surface area contributed by atoms with Crippen LogP contribution in [0.25, 0.3) is 0 Å². The van der Waals surface area contributed by atoms with Crippen molar-refractivity contribution in [2.45, 2.75) is 0 Å². The normalized spacial score (nSPS) is 9.64. The Balaban J connectivity index is 1.85. The van der Waals surface area contributed by atoms with Gasteiger partial charge in [-0.15, -0.1) is 0 Å². The van der Waals surface area contributed by atoms with Crippen LogP contribution in [0.3, 0.4) is 0 Å². The number of benzene rings is 2. The Morgan fingerprint density at radius 1 is 1.05 bits per heavy atom. The van der Waals surface area contributed by atoms with Gasteiger partial charge in [0.05, 0.1) is 10.6 Å². The predicted octanol–water partition coefficient (Wildman–Crippen LogP) is 2.23. The summed E-state index contributed by atoms with van der Waals surface area (Å²) in [7, 11) is 0. The zero-order valence-corrected chi connectivity index (χ0v) is 12.1. The summed E-state index contributed by atoms with van der Waals surface area (Å²) in [5, 5.41) is 13.1. The Labute approximate surface area is 131 Å². The minimum Gasteiger partial charge on any atom is -0.299 e. The van der Waals surface area contributed by atoms with Crippen LogP contribution in [-0.4, -0.2) is 15.9 Å². The van der Waals surface area contributed by atoms with Crippen molar-refractivity contribution in [3.05, 3.63) is 70.3 Å². The Morgan fingerprint density at radius 2 is 1.68 bits per heavy atom. The second kappa shape index (κ2) is 7.14. The van der Waals surface area contributed by atoms with Crippen LogP contribution in [0.1, 0.15) is 10.4 Å². The first-order chi connectivity index (χ1) is 10.6. The number of nitrogens with zero attached hydrogens (tertiary/aromatic N) is 1. The van der Waals surface area contributed by atoms with Crippen molar-refractivity contribution in [1.82, 2.24) is 10.7 Å². The van der Waals surface area contributed by atoms with E-state index in [4.69, 9.17) is 12.2 Å². The lowest BCUT2D eigenvalue weighted by Crippen LogP contribution is -2.41.